The smallest absolute Gasteiger partial charge is 0.315 e. The molecule has 7 nitrogen and oxygen atoms in total. The van der Waals surface area contributed by atoms with Crippen LogP contribution in [0.4, 0.5) is 4.79 Å². The van der Waals surface area contributed by atoms with Crippen molar-refractivity contribution in [3.63, 3.8) is 0 Å². The Kier molecular flexibility index (Phi) is 4.99. The fraction of sp³-hybridized carbons (Fsp3) is 0.500. The summed E-state index contributed by atoms with van der Waals surface area (Å²) in [6.45, 7) is 2.30. The molecular weight excluding hydrogens is 226 g/mol. The van der Waals surface area contributed by atoms with Crippen LogP contribution in [0.1, 0.15) is 24.5 Å². The van der Waals surface area contributed by atoms with Crippen LogP contribution in [0.25, 0.3) is 0 Å². The molecule has 0 saturated heterocycles. The minimum absolute atomic E-state index is 0.0409. The number of aryl methyl sites for hydroxylation is 1. The highest BCUT2D eigenvalue weighted by Crippen LogP contribution is 2.00. The third-order valence-electron chi connectivity index (χ3n) is 1.92. The van der Waals surface area contributed by atoms with Gasteiger partial charge < -0.3 is 20.2 Å². The van der Waals surface area contributed by atoms with Crippen LogP contribution in [0, 0.1) is 6.92 Å². The standard InChI is InChI=1S/C10H15N3O4/c1-7-5-12-8(17-7)6-13-10(16)11-4-2-3-9(14)15/h5H,2-4,6H2,1H3,(H,14,15)(H2,11,13,16). The summed E-state index contributed by atoms with van der Waals surface area (Å²) in [5.74, 6) is 0.245. The van der Waals surface area contributed by atoms with Gasteiger partial charge in [0, 0.05) is 13.0 Å². The van der Waals surface area contributed by atoms with Gasteiger partial charge in [-0.1, -0.05) is 0 Å². The number of oxazole rings is 1. The molecule has 0 aliphatic carbocycles. The Morgan fingerprint density at radius 1 is 1.47 bits per heavy atom. The molecule has 7 heteroatoms. The number of aliphatic carboxylic acids is 1. The van der Waals surface area contributed by atoms with Gasteiger partial charge in [0.15, 0.2) is 0 Å². The van der Waals surface area contributed by atoms with Crippen molar-refractivity contribution >= 4 is 12.0 Å². The number of nitrogens with zero attached hydrogens (tertiary/aromatic N) is 1. The van der Waals surface area contributed by atoms with Gasteiger partial charge in [-0.05, 0) is 13.3 Å². The number of urea groups is 1. The van der Waals surface area contributed by atoms with E-state index in [0.717, 1.165) is 0 Å². The van der Waals surface area contributed by atoms with E-state index >= 15 is 0 Å². The minimum atomic E-state index is -0.873. The van der Waals surface area contributed by atoms with Crippen molar-refractivity contribution in [1.29, 1.82) is 0 Å². The van der Waals surface area contributed by atoms with Crippen molar-refractivity contribution in [2.24, 2.45) is 0 Å². The number of carboxylic acids is 1. The van der Waals surface area contributed by atoms with Gasteiger partial charge in [-0.3, -0.25) is 4.79 Å². The Morgan fingerprint density at radius 2 is 2.24 bits per heavy atom. The van der Waals surface area contributed by atoms with Gasteiger partial charge in [-0.25, -0.2) is 9.78 Å². The highest BCUT2D eigenvalue weighted by Gasteiger charge is 2.04. The first-order valence-electron chi connectivity index (χ1n) is 5.22. The zero-order valence-electron chi connectivity index (χ0n) is 9.52. The monoisotopic (exact) mass is 241 g/mol. The maximum absolute atomic E-state index is 11.2. The normalized spacial score (nSPS) is 9.94. The third-order valence-corrected chi connectivity index (χ3v) is 1.92. The topological polar surface area (TPSA) is 104 Å². The van der Waals surface area contributed by atoms with Crippen LogP contribution < -0.4 is 10.6 Å². The van der Waals surface area contributed by atoms with Gasteiger partial charge in [-0.15, -0.1) is 0 Å². The molecule has 2 amide bonds. The fourth-order valence-electron chi connectivity index (χ4n) is 1.14. The van der Waals surface area contributed by atoms with E-state index in [1.54, 1.807) is 13.1 Å². The Balaban J connectivity index is 2.11. The average molecular weight is 241 g/mol. The number of rotatable bonds is 6. The summed E-state index contributed by atoms with van der Waals surface area (Å²) in [5.41, 5.74) is 0. The Morgan fingerprint density at radius 3 is 2.82 bits per heavy atom. The second-order valence-electron chi connectivity index (χ2n) is 3.47. The number of amides is 2. The van der Waals surface area contributed by atoms with Crippen LogP contribution in [-0.2, 0) is 11.3 Å². The molecular formula is C10H15N3O4. The number of carbonyl (C=O) groups excluding carboxylic acids is 1. The molecule has 17 heavy (non-hydrogen) atoms. The molecule has 1 heterocycles. The molecule has 0 saturated carbocycles. The molecule has 0 spiro atoms. The summed E-state index contributed by atoms with van der Waals surface area (Å²) in [6, 6.07) is -0.369. The molecule has 1 aromatic heterocycles. The van der Waals surface area contributed by atoms with Crippen molar-refractivity contribution < 1.29 is 19.1 Å². The lowest BCUT2D eigenvalue weighted by molar-refractivity contribution is -0.137. The van der Waals surface area contributed by atoms with E-state index in [4.69, 9.17) is 9.52 Å². The van der Waals surface area contributed by atoms with Gasteiger partial charge in [-0.2, -0.15) is 0 Å². The third kappa shape index (κ3) is 5.55. The van der Waals surface area contributed by atoms with Gasteiger partial charge in [0.2, 0.25) is 5.89 Å². The van der Waals surface area contributed by atoms with Gasteiger partial charge in [0.25, 0.3) is 0 Å². The van der Waals surface area contributed by atoms with E-state index < -0.39 is 5.97 Å². The van der Waals surface area contributed by atoms with Crippen molar-refractivity contribution in [3.8, 4) is 0 Å². The second-order valence-corrected chi connectivity index (χ2v) is 3.47. The van der Waals surface area contributed by atoms with Crippen LogP contribution in [0.2, 0.25) is 0 Å². The molecule has 0 aliphatic rings. The van der Waals surface area contributed by atoms with Crippen molar-refractivity contribution in [3.05, 3.63) is 17.8 Å². The minimum Gasteiger partial charge on any atom is -0.481 e. The highest BCUT2D eigenvalue weighted by atomic mass is 16.4. The summed E-state index contributed by atoms with van der Waals surface area (Å²) in [5, 5.41) is 13.5. The van der Waals surface area contributed by atoms with Crippen molar-refractivity contribution in [1.82, 2.24) is 15.6 Å². The zero-order valence-corrected chi connectivity index (χ0v) is 9.52. The Labute approximate surface area is 98.2 Å². The lowest BCUT2D eigenvalue weighted by Gasteiger charge is -2.04. The molecule has 1 rings (SSSR count). The number of nitrogens with one attached hydrogen (secondary N) is 2. The molecule has 0 bridgehead atoms. The first-order valence-corrected chi connectivity index (χ1v) is 5.22. The Hall–Kier alpha value is -2.05. The lowest BCUT2D eigenvalue weighted by atomic mass is 10.3. The molecule has 3 N–H and O–H groups in total. The summed E-state index contributed by atoms with van der Waals surface area (Å²) < 4.78 is 5.16. The van der Waals surface area contributed by atoms with Crippen molar-refractivity contribution in [2.45, 2.75) is 26.3 Å². The predicted octanol–water partition coefficient (Wildman–Crippen LogP) is 0.647. The second kappa shape index (κ2) is 6.51. The SMILES string of the molecule is Cc1cnc(CNC(=O)NCCCC(=O)O)o1. The number of hydrogen-bond acceptors (Lipinski definition) is 4. The van der Waals surface area contributed by atoms with Gasteiger partial charge >= 0.3 is 12.0 Å². The fourth-order valence-corrected chi connectivity index (χ4v) is 1.14. The van der Waals surface area contributed by atoms with E-state index in [1.165, 1.54) is 0 Å². The first-order chi connectivity index (χ1) is 8.08. The van der Waals surface area contributed by atoms with E-state index in [9.17, 15) is 9.59 Å². The molecule has 0 atom stereocenters. The maximum atomic E-state index is 11.2. The number of carbonyl (C=O) groups is 2. The van der Waals surface area contributed by atoms with Crippen LogP contribution in [0.5, 0.6) is 0 Å². The largest absolute Gasteiger partial charge is 0.481 e. The summed E-state index contributed by atoms with van der Waals surface area (Å²) in [7, 11) is 0. The van der Waals surface area contributed by atoms with E-state index in [-0.39, 0.29) is 19.0 Å². The zero-order chi connectivity index (χ0) is 12.7. The molecule has 0 fully saturated rings. The van der Waals surface area contributed by atoms with Crippen LogP contribution in [0.15, 0.2) is 10.6 Å². The number of hydrogen-bond donors (Lipinski definition) is 3. The van der Waals surface area contributed by atoms with E-state index in [0.29, 0.717) is 24.6 Å². The molecule has 0 aliphatic heterocycles. The molecule has 94 valence electrons. The lowest BCUT2D eigenvalue weighted by Crippen LogP contribution is -2.35. The summed E-state index contributed by atoms with van der Waals surface area (Å²) in [6.07, 6.45) is 2.02. The first kappa shape index (κ1) is 13.0. The van der Waals surface area contributed by atoms with E-state index in [2.05, 4.69) is 15.6 Å². The number of carboxylic acid groups (broad SMARTS) is 1. The Bertz CT molecular complexity index is 389. The number of aromatic nitrogens is 1. The average Bonchev–Trinajstić information content (AvgIpc) is 2.67. The molecule has 1 aromatic rings. The van der Waals surface area contributed by atoms with Crippen LogP contribution in [-0.4, -0.2) is 28.6 Å². The van der Waals surface area contributed by atoms with Gasteiger partial charge in [0.05, 0.1) is 12.7 Å². The highest BCUT2D eigenvalue weighted by molar-refractivity contribution is 5.73. The molecule has 0 unspecified atom stereocenters. The van der Waals surface area contributed by atoms with Crippen LogP contribution in [0.3, 0.4) is 0 Å². The summed E-state index contributed by atoms with van der Waals surface area (Å²) in [4.78, 5) is 25.4. The van der Waals surface area contributed by atoms with Gasteiger partial charge in [0.1, 0.15) is 5.76 Å². The maximum Gasteiger partial charge on any atom is 0.315 e. The summed E-state index contributed by atoms with van der Waals surface area (Å²) >= 11 is 0. The molecule has 0 aromatic carbocycles. The van der Waals surface area contributed by atoms with Crippen molar-refractivity contribution in [2.75, 3.05) is 6.54 Å². The van der Waals surface area contributed by atoms with E-state index in [1.807, 2.05) is 0 Å². The van der Waals surface area contributed by atoms with Crippen LogP contribution >= 0.6 is 0 Å². The predicted molar refractivity (Wildman–Crippen MR) is 58.3 cm³/mol. The molecule has 0 radical (unpaired) electrons. The quantitative estimate of drug-likeness (QED) is 0.634.